The van der Waals surface area contributed by atoms with E-state index >= 15 is 0 Å². The molecule has 100 valence electrons. The van der Waals surface area contributed by atoms with Gasteiger partial charge in [0.15, 0.2) is 5.84 Å². The molecule has 0 atom stereocenters. The van der Waals surface area contributed by atoms with E-state index in [1.54, 1.807) is 24.0 Å². The summed E-state index contributed by atoms with van der Waals surface area (Å²) in [6, 6.07) is 1.62. The lowest BCUT2D eigenvalue weighted by molar-refractivity contribution is 0.318. The predicted molar refractivity (Wildman–Crippen MR) is 78.0 cm³/mol. The molecule has 0 saturated carbocycles. The Morgan fingerprint density at radius 1 is 1.67 bits per heavy atom. The lowest BCUT2D eigenvalue weighted by Gasteiger charge is -2.20. The van der Waals surface area contributed by atoms with Crippen LogP contribution in [0.4, 0.5) is 5.82 Å². The molecule has 0 spiro atoms. The van der Waals surface area contributed by atoms with E-state index in [2.05, 4.69) is 16.4 Å². The summed E-state index contributed by atoms with van der Waals surface area (Å²) in [6.07, 6.45) is 4.72. The molecular weight excluding hydrogens is 272 g/mol. The zero-order chi connectivity index (χ0) is 13.5. The Labute approximate surface area is 116 Å². The van der Waals surface area contributed by atoms with Crippen molar-refractivity contribution in [2.24, 2.45) is 10.9 Å². The van der Waals surface area contributed by atoms with Crippen molar-refractivity contribution in [2.45, 2.75) is 6.42 Å². The Balaban J connectivity index is 2.89. The SMILES string of the molecule is CSCCCN(C)c1nccc(/C(N)=N/O)c1Cl. The maximum absolute atomic E-state index is 8.68. The fourth-order valence-electron chi connectivity index (χ4n) is 1.50. The average Bonchev–Trinajstić information content (AvgIpc) is 2.38. The molecule has 7 heteroatoms. The lowest BCUT2D eigenvalue weighted by atomic mass is 10.2. The first-order chi connectivity index (χ1) is 8.61. The number of thioether (sulfide) groups is 1. The lowest BCUT2D eigenvalue weighted by Crippen LogP contribution is -2.22. The van der Waals surface area contributed by atoms with E-state index in [-0.39, 0.29) is 5.84 Å². The Morgan fingerprint density at radius 2 is 2.39 bits per heavy atom. The van der Waals surface area contributed by atoms with E-state index in [0.29, 0.717) is 16.4 Å². The van der Waals surface area contributed by atoms with Crippen LogP contribution in [0.3, 0.4) is 0 Å². The molecule has 0 saturated heterocycles. The number of hydrogen-bond donors (Lipinski definition) is 2. The summed E-state index contributed by atoms with van der Waals surface area (Å²) in [7, 11) is 1.92. The van der Waals surface area contributed by atoms with Crippen molar-refractivity contribution in [3.63, 3.8) is 0 Å². The van der Waals surface area contributed by atoms with Gasteiger partial charge in [0, 0.05) is 25.4 Å². The maximum atomic E-state index is 8.68. The molecule has 0 aliphatic carbocycles. The smallest absolute Gasteiger partial charge is 0.171 e. The van der Waals surface area contributed by atoms with Crippen LogP contribution in [0.1, 0.15) is 12.0 Å². The first-order valence-corrected chi connectivity index (χ1v) is 7.21. The molecule has 0 amide bonds. The first-order valence-electron chi connectivity index (χ1n) is 5.44. The molecule has 0 fully saturated rings. The molecule has 0 aliphatic rings. The highest BCUT2D eigenvalue weighted by molar-refractivity contribution is 7.98. The molecule has 1 rings (SSSR count). The Morgan fingerprint density at radius 3 is 3.00 bits per heavy atom. The minimum atomic E-state index is -0.0128. The highest BCUT2D eigenvalue weighted by atomic mass is 35.5. The quantitative estimate of drug-likeness (QED) is 0.275. The van der Waals surface area contributed by atoms with Crippen molar-refractivity contribution in [3.8, 4) is 0 Å². The third-order valence-electron chi connectivity index (χ3n) is 2.46. The van der Waals surface area contributed by atoms with Gasteiger partial charge in [-0.05, 0) is 24.5 Å². The van der Waals surface area contributed by atoms with Gasteiger partial charge in [0.1, 0.15) is 5.82 Å². The van der Waals surface area contributed by atoms with E-state index in [0.717, 1.165) is 18.7 Å². The zero-order valence-corrected chi connectivity index (χ0v) is 12.0. The van der Waals surface area contributed by atoms with Crippen molar-refractivity contribution in [1.29, 1.82) is 0 Å². The number of aromatic nitrogens is 1. The Kier molecular flexibility index (Phi) is 6.07. The monoisotopic (exact) mass is 288 g/mol. The van der Waals surface area contributed by atoms with Gasteiger partial charge in [0.05, 0.1) is 5.02 Å². The molecule has 18 heavy (non-hydrogen) atoms. The van der Waals surface area contributed by atoms with Crippen molar-refractivity contribution in [1.82, 2.24) is 4.98 Å². The van der Waals surface area contributed by atoms with E-state index in [4.69, 9.17) is 22.5 Å². The molecule has 3 N–H and O–H groups in total. The van der Waals surface area contributed by atoms with Crippen LogP contribution < -0.4 is 10.6 Å². The highest BCUT2D eigenvalue weighted by Gasteiger charge is 2.13. The van der Waals surface area contributed by atoms with Crippen molar-refractivity contribution < 1.29 is 5.21 Å². The van der Waals surface area contributed by atoms with Crippen molar-refractivity contribution >= 4 is 35.0 Å². The normalized spacial score (nSPS) is 11.6. The highest BCUT2D eigenvalue weighted by Crippen LogP contribution is 2.26. The molecule has 0 aliphatic heterocycles. The number of anilines is 1. The minimum Gasteiger partial charge on any atom is -0.409 e. The second kappa shape index (κ2) is 7.33. The average molecular weight is 289 g/mol. The van der Waals surface area contributed by atoms with Crippen molar-refractivity contribution in [3.05, 3.63) is 22.8 Å². The summed E-state index contributed by atoms with van der Waals surface area (Å²) in [6.45, 7) is 0.854. The predicted octanol–water partition coefficient (Wildman–Crippen LogP) is 2.02. The van der Waals surface area contributed by atoms with Crippen LogP contribution in [0, 0.1) is 0 Å². The van der Waals surface area contributed by atoms with E-state index in [1.807, 2.05) is 11.9 Å². The number of oxime groups is 1. The summed E-state index contributed by atoms with van der Waals surface area (Å²) in [5.41, 5.74) is 6.04. The van der Waals surface area contributed by atoms with Crippen LogP contribution in [0.25, 0.3) is 0 Å². The second-order valence-electron chi connectivity index (χ2n) is 3.75. The van der Waals surface area contributed by atoms with E-state index in [1.165, 1.54) is 0 Å². The molecule has 1 aromatic heterocycles. The van der Waals surface area contributed by atoms with Crippen LogP contribution in [0.2, 0.25) is 5.02 Å². The molecule has 0 unspecified atom stereocenters. The number of pyridine rings is 1. The van der Waals surface area contributed by atoms with Gasteiger partial charge in [0.25, 0.3) is 0 Å². The second-order valence-corrected chi connectivity index (χ2v) is 5.11. The fourth-order valence-corrected chi connectivity index (χ4v) is 2.27. The molecule has 1 heterocycles. The summed E-state index contributed by atoms with van der Waals surface area (Å²) in [5, 5.41) is 12.0. The maximum Gasteiger partial charge on any atom is 0.171 e. The van der Waals surface area contributed by atoms with Gasteiger partial charge in [0.2, 0.25) is 0 Å². The van der Waals surface area contributed by atoms with Crippen LogP contribution in [-0.4, -0.2) is 41.6 Å². The van der Waals surface area contributed by atoms with Crippen LogP contribution in [0.15, 0.2) is 17.4 Å². The topological polar surface area (TPSA) is 74.7 Å². The van der Waals surface area contributed by atoms with Gasteiger partial charge in [-0.15, -0.1) is 0 Å². The van der Waals surface area contributed by atoms with Gasteiger partial charge in [-0.25, -0.2) is 4.98 Å². The largest absolute Gasteiger partial charge is 0.409 e. The summed E-state index contributed by atoms with van der Waals surface area (Å²) in [4.78, 5) is 6.19. The summed E-state index contributed by atoms with van der Waals surface area (Å²) in [5.74, 6) is 1.71. The summed E-state index contributed by atoms with van der Waals surface area (Å²) >= 11 is 8.01. The number of nitrogens with zero attached hydrogens (tertiary/aromatic N) is 3. The fraction of sp³-hybridized carbons (Fsp3) is 0.455. The number of halogens is 1. The molecule has 0 radical (unpaired) electrons. The number of rotatable bonds is 6. The van der Waals surface area contributed by atoms with E-state index < -0.39 is 0 Å². The third-order valence-corrected chi connectivity index (χ3v) is 3.53. The van der Waals surface area contributed by atoms with Crippen LogP contribution in [0.5, 0.6) is 0 Å². The summed E-state index contributed by atoms with van der Waals surface area (Å²) < 4.78 is 0. The third kappa shape index (κ3) is 3.68. The number of nitrogens with two attached hydrogens (primary N) is 1. The molecule has 1 aromatic rings. The van der Waals surface area contributed by atoms with Crippen LogP contribution >= 0.6 is 23.4 Å². The van der Waals surface area contributed by atoms with Crippen LogP contribution in [-0.2, 0) is 0 Å². The first kappa shape index (κ1) is 14.9. The molecule has 0 bridgehead atoms. The standard InChI is InChI=1S/C11H17ClN4OS/c1-16(6-3-7-18-2)11-9(12)8(4-5-14-11)10(13)15-17/h4-5,17H,3,6-7H2,1-2H3,(H2,13,15). The minimum absolute atomic E-state index is 0.0128. The Bertz CT molecular complexity index is 428. The van der Waals surface area contributed by atoms with Gasteiger partial charge in [-0.1, -0.05) is 16.8 Å². The van der Waals surface area contributed by atoms with Gasteiger partial charge in [-0.2, -0.15) is 11.8 Å². The molecule has 5 nitrogen and oxygen atoms in total. The van der Waals surface area contributed by atoms with E-state index in [9.17, 15) is 0 Å². The van der Waals surface area contributed by atoms with Gasteiger partial charge >= 0.3 is 0 Å². The number of hydrogen-bond acceptors (Lipinski definition) is 5. The molecular formula is C11H17ClN4OS. The zero-order valence-electron chi connectivity index (χ0n) is 10.4. The van der Waals surface area contributed by atoms with Gasteiger partial charge < -0.3 is 15.8 Å². The van der Waals surface area contributed by atoms with Crippen molar-refractivity contribution in [2.75, 3.05) is 30.5 Å². The molecule has 0 aromatic carbocycles. The Hall–Kier alpha value is -1.14. The van der Waals surface area contributed by atoms with Gasteiger partial charge in [-0.3, -0.25) is 0 Å². The number of amidine groups is 1.